The summed E-state index contributed by atoms with van der Waals surface area (Å²) in [4.78, 5) is 0. The van der Waals surface area contributed by atoms with Crippen LogP contribution in [0.25, 0.3) is 0 Å². The van der Waals surface area contributed by atoms with E-state index in [-0.39, 0.29) is 0 Å². The molecule has 0 aromatic rings. The van der Waals surface area contributed by atoms with Gasteiger partial charge in [-0.15, -0.1) is 0 Å². The Labute approximate surface area is 63.0 Å². The van der Waals surface area contributed by atoms with Crippen LogP contribution >= 0.6 is 0 Å². The monoisotopic (exact) mass is 140 g/mol. The fraction of sp³-hybridized carbons (Fsp3) is 0.875. The second-order valence-electron chi connectivity index (χ2n) is 2.73. The van der Waals surface area contributed by atoms with Crippen molar-refractivity contribution in [1.82, 2.24) is 0 Å². The number of nitrogens with two attached hydrogens (primary N) is 1. The molecule has 0 aromatic carbocycles. The van der Waals surface area contributed by atoms with E-state index in [1.807, 2.05) is 6.92 Å². The SMILES string of the molecule is CCCCC(N)(C#N)CC. The number of nitriles is 1. The predicted octanol–water partition coefficient (Wildman–Crippen LogP) is 1.81. The van der Waals surface area contributed by atoms with Crippen molar-refractivity contribution >= 4 is 0 Å². The molecule has 0 aliphatic carbocycles. The van der Waals surface area contributed by atoms with Crippen molar-refractivity contribution in [1.29, 1.82) is 5.26 Å². The zero-order valence-electron chi connectivity index (χ0n) is 6.85. The van der Waals surface area contributed by atoms with Crippen LogP contribution in [0.5, 0.6) is 0 Å². The molecule has 0 saturated carbocycles. The lowest BCUT2D eigenvalue weighted by atomic mass is 9.93. The van der Waals surface area contributed by atoms with Gasteiger partial charge in [0.1, 0.15) is 5.54 Å². The van der Waals surface area contributed by atoms with Crippen LogP contribution in [0.2, 0.25) is 0 Å². The van der Waals surface area contributed by atoms with Crippen LogP contribution in [0, 0.1) is 11.3 Å². The van der Waals surface area contributed by atoms with Crippen molar-refractivity contribution in [2.24, 2.45) is 5.73 Å². The van der Waals surface area contributed by atoms with Crippen molar-refractivity contribution < 1.29 is 0 Å². The zero-order chi connectivity index (χ0) is 8.04. The molecule has 1 unspecified atom stereocenters. The Morgan fingerprint density at radius 1 is 1.50 bits per heavy atom. The van der Waals surface area contributed by atoms with E-state index in [0.29, 0.717) is 0 Å². The van der Waals surface area contributed by atoms with Crippen molar-refractivity contribution in [3.63, 3.8) is 0 Å². The highest BCUT2D eigenvalue weighted by Gasteiger charge is 2.20. The first-order valence-corrected chi connectivity index (χ1v) is 3.88. The van der Waals surface area contributed by atoms with E-state index < -0.39 is 5.54 Å². The number of unbranched alkanes of at least 4 members (excludes halogenated alkanes) is 1. The number of nitrogens with zero attached hydrogens (tertiary/aromatic N) is 1. The third kappa shape index (κ3) is 2.84. The summed E-state index contributed by atoms with van der Waals surface area (Å²) in [5, 5.41) is 8.64. The lowest BCUT2D eigenvalue weighted by molar-refractivity contribution is 0.462. The Balaban J connectivity index is 3.72. The van der Waals surface area contributed by atoms with Gasteiger partial charge in [0.15, 0.2) is 0 Å². The summed E-state index contributed by atoms with van der Waals surface area (Å²) in [5.74, 6) is 0. The predicted molar refractivity (Wildman–Crippen MR) is 42.3 cm³/mol. The summed E-state index contributed by atoms with van der Waals surface area (Å²) in [6.45, 7) is 4.06. The zero-order valence-corrected chi connectivity index (χ0v) is 6.85. The van der Waals surface area contributed by atoms with E-state index in [4.69, 9.17) is 11.0 Å². The average Bonchev–Trinajstić information content (AvgIpc) is 2.00. The third-order valence-electron chi connectivity index (χ3n) is 1.83. The molecular formula is C8H16N2. The van der Waals surface area contributed by atoms with Gasteiger partial charge >= 0.3 is 0 Å². The normalized spacial score (nSPS) is 15.8. The maximum absolute atomic E-state index is 8.64. The van der Waals surface area contributed by atoms with Crippen LogP contribution in [-0.4, -0.2) is 5.54 Å². The first-order valence-electron chi connectivity index (χ1n) is 3.88. The van der Waals surface area contributed by atoms with E-state index in [1.165, 1.54) is 0 Å². The van der Waals surface area contributed by atoms with Crippen LogP contribution in [0.1, 0.15) is 39.5 Å². The van der Waals surface area contributed by atoms with Gasteiger partial charge in [0, 0.05) is 0 Å². The van der Waals surface area contributed by atoms with E-state index in [0.717, 1.165) is 25.7 Å². The first kappa shape index (κ1) is 9.45. The van der Waals surface area contributed by atoms with E-state index in [9.17, 15) is 0 Å². The molecule has 0 aliphatic heterocycles. The molecule has 0 heterocycles. The van der Waals surface area contributed by atoms with Gasteiger partial charge in [-0.3, -0.25) is 0 Å². The average molecular weight is 140 g/mol. The largest absolute Gasteiger partial charge is 0.313 e. The maximum atomic E-state index is 8.64. The Morgan fingerprint density at radius 2 is 2.10 bits per heavy atom. The number of rotatable bonds is 4. The summed E-state index contributed by atoms with van der Waals surface area (Å²) in [7, 11) is 0. The highest BCUT2D eigenvalue weighted by Crippen LogP contribution is 2.13. The Kier molecular flexibility index (Phi) is 4.06. The minimum absolute atomic E-state index is 0.560. The molecule has 0 amide bonds. The Bertz CT molecular complexity index is 126. The third-order valence-corrected chi connectivity index (χ3v) is 1.83. The molecule has 0 spiro atoms. The second-order valence-corrected chi connectivity index (χ2v) is 2.73. The van der Waals surface area contributed by atoms with Gasteiger partial charge < -0.3 is 5.73 Å². The molecular weight excluding hydrogens is 124 g/mol. The van der Waals surface area contributed by atoms with Crippen LogP contribution in [0.4, 0.5) is 0 Å². The minimum atomic E-state index is -0.560. The lowest BCUT2D eigenvalue weighted by Crippen LogP contribution is -2.36. The summed E-state index contributed by atoms with van der Waals surface area (Å²) < 4.78 is 0. The topological polar surface area (TPSA) is 49.8 Å². The van der Waals surface area contributed by atoms with Crippen molar-refractivity contribution in [2.75, 3.05) is 0 Å². The molecule has 0 saturated heterocycles. The van der Waals surface area contributed by atoms with Gasteiger partial charge in [-0.05, 0) is 12.8 Å². The van der Waals surface area contributed by atoms with E-state index >= 15 is 0 Å². The number of hydrogen-bond acceptors (Lipinski definition) is 2. The van der Waals surface area contributed by atoms with Crippen molar-refractivity contribution in [2.45, 2.75) is 45.1 Å². The molecule has 2 nitrogen and oxygen atoms in total. The molecule has 2 heteroatoms. The highest BCUT2D eigenvalue weighted by molar-refractivity contribution is 5.03. The quantitative estimate of drug-likeness (QED) is 0.647. The second kappa shape index (κ2) is 4.29. The lowest BCUT2D eigenvalue weighted by Gasteiger charge is -2.17. The summed E-state index contributed by atoms with van der Waals surface area (Å²) in [6.07, 6.45) is 3.75. The van der Waals surface area contributed by atoms with Gasteiger partial charge in [-0.25, -0.2) is 0 Å². The van der Waals surface area contributed by atoms with Gasteiger partial charge in [-0.1, -0.05) is 26.7 Å². The Morgan fingerprint density at radius 3 is 2.40 bits per heavy atom. The van der Waals surface area contributed by atoms with Crippen molar-refractivity contribution in [3.8, 4) is 6.07 Å². The van der Waals surface area contributed by atoms with Crippen LogP contribution in [-0.2, 0) is 0 Å². The molecule has 0 aliphatic rings. The van der Waals surface area contributed by atoms with Gasteiger partial charge in [0.2, 0.25) is 0 Å². The highest BCUT2D eigenvalue weighted by atomic mass is 14.7. The van der Waals surface area contributed by atoms with Crippen LogP contribution < -0.4 is 5.73 Å². The molecule has 0 radical (unpaired) electrons. The smallest absolute Gasteiger partial charge is 0.104 e. The summed E-state index contributed by atoms with van der Waals surface area (Å²) in [6, 6.07) is 2.14. The van der Waals surface area contributed by atoms with E-state index in [1.54, 1.807) is 0 Å². The van der Waals surface area contributed by atoms with Gasteiger partial charge in [0.05, 0.1) is 6.07 Å². The van der Waals surface area contributed by atoms with Crippen LogP contribution in [0.3, 0.4) is 0 Å². The van der Waals surface area contributed by atoms with Crippen LogP contribution in [0.15, 0.2) is 0 Å². The maximum Gasteiger partial charge on any atom is 0.104 e. The molecule has 0 bridgehead atoms. The molecule has 2 N–H and O–H groups in total. The molecule has 0 aromatic heterocycles. The molecule has 10 heavy (non-hydrogen) atoms. The number of hydrogen-bond donors (Lipinski definition) is 1. The van der Waals surface area contributed by atoms with Gasteiger partial charge in [-0.2, -0.15) is 5.26 Å². The fourth-order valence-corrected chi connectivity index (χ4v) is 0.804. The summed E-state index contributed by atoms with van der Waals surface area (Å²) >= 11 is 0. The first-order chi connectivity index (χ1) is 4.68. The van der Waals surface area contributed by atoms with Crippen molar-refractivity contribution in [3.05, 3.63) is 0 Å². The molecule has 0 rings (SSSR count). The van der Waals surface area contributed by atoms with Gasteiger partial charge in [0.25, 0.3) is 0 Å². The Hall–Kier alpha value is -0.550. The van der Waals surface area contributed by atoms with E-state index in [2.05, 4.69) is 13.0 Å². The molecule has 1 atom stereocenters. The standard InChI is InChI=1S/C8H16N2/c1-3-5-6-8(10,4-2)7-9/h3-6,10H2,1-2H3. The summed E-state index contributed by atoms with van der Waals surface area (Å²) in [5.41, 5.74) is 5.16. The fourth-order valence-electron chi connectivity index (χ4n) is 0.804. The molecule has 58 valence electrons. The minimum Gasteiger partial charge on any atom is -0.313 e. The molecule has 0 fully saturated rings.